The molecule has 5 nitrogen and oxygen atoms in total. The largest absolute Gasteiger partial charge is 0.352 e. The molecule has 4 rings (SSSR count). The number of carbonyl (C=O) groups excluding carboxylic acids is 2. The maximum Gasteiger partial charge on any atom is 0.237 e. The Bertz CT molecular complexity index is 722. The number of piperidine rings is 1. The molecule has 0 radical (unpaired) electrons. The van der Waals surface area contributed by atoms with Gasteiger partial charge in [-0.1, -0.05) is 24.6 Å². The number of fused-ring (bicyclic) bond motifs is 2. The summed E-state index contributed by atoms with van der Waals surface area (Å²) in [5.74, 6) is 2.46. The van der Waals surface area contributed by atoms with Crippen LogP contribution < -0.4 is 10.6 Å². The minimum Gasteiger partial charge on any atom is -0.352 e. The van der Waals surface area contributed by atoms with Crippen LogP contribution >= 0.6 is 0 Å². The van der Waals surface area contributed by atoms with Crippen molar-refractivity contribution in [3.8, 4) is 0 Å². The number of benzene rings is 1. The van der Waals surface area contributed by atoms with Crippen molar-refractivity contribution in [3.63, 3.8) is 0 Å². The van der Waals surface area contributed by atoms with E-state index in [9.17, 15) is 9.59 Å². The third kappa shape index (κ3) is 4.66. The molecule has 3 fully saturated rings. The molecule has 1 aromatic rings. The second-order valence-electron chi connectivity index (χ2n) is 9.50. The predicted octanol–water partition coefficient (Wildman–Crippen LogP) is 3.67. The molecule has 2 amide bonds. The van der Waals surface area contributed by atoms with Gasteiger partial charge in [0.2, 0.25) is 11.8 Å². The molecule has 3 aliphatic rings. The molecular formula is C24H35N3O2. The molecule has 29 heavy (non-hydrogen) atoms. The van der Waals surface area contributed by atoms with Gasteiger partial charge in [0, 0.05) is 18.3 Å². The summed E-state index contributed by atoms with van der Waals surface area (Å²) < 4.78 is 0. The third-order valence-corrected chi connectivity index (χ3v) is 7.60. The average Bonchev–Trinajstić information content (AvgIpc) is 3.38. The molecule has 2 aliphatic carbocycles. The van der Waals surface area contributed by atoms with E-state index < -0.39 is 0 Å². The number of nitrogens with one attached hydrogen (secondary N) is 2. The molecule has 5 heteroatoms. The topological polar surface area (TPSA) is 61.4 Å². The van der Waals surface area contributed by atoms with Crippen molar-refractivity contribution in [2.75, 3.05) is 18.4 Å². The Balaban J connectivity index is 1.29. The first-order valence-electron chi connectivity index (χ1n) is 11.4. The minimum absolute atomic E-state index is 0.0591. The van der Waals surface area contributed by atoms with Gasteiger partial charge in [-0.3, -0.25) is 14.5 Å². The van der Waals surface area contributed by atoms with Crippen molar-refractivity contribution in [2.45, 2.75) is 64.5 Å². The van der Waals surface area contributed by atoms with E-state index in [2.05, 4.69) is 22.5 Å². The molecule has 2 bridgehead atoms. The number of nitrogens with zero attached hydrogens (tertiary/aromatic N) is 1. The molecule has 1 heterocycles. The van der Waals surface area contributed by atoms with Crippen molar-refractivity contribution in [1.82, 2.24) is 10.2 Å². The van der Waals surface area contributed by atoms with Crippen LogP contribution in [0.4, 0.5) is 5.69 Å². The second kappa shape index (κ2) is 8.86. The van der Waals surface area contributed by atoms with Crippen LogP contribution in [0.15, 0.2) is 30.3 Å². The van der Waals surface area contributed by atoms with Gasteiger partial charge in [-0.05, 0) is 82.4 Å². The fourth-order valence-electron chi connectivity index (χ4n) is 5.86. The van der Waals surface area contributed by atoms with Gasteiger partial charge in [0.1, 0.15) is 0 Å². The van der Waals surface area contributed by atoms with Crippen molar-refractivity contribution >= 4 is 17.5 Å². The summed E-state index contributed by atoms with van der Waals surface area (Å²) in [6.45, 7) is 5.70. The number of hydrogen-bond donors (Lipinski definition) is 2. The number of para-hydroxylation sites is 1. The van der Waals surface area contributed by atoms with Crippen LogP contribution in [0, 0.1) is 23.7 Å². The summed E-state index contributed by atoms with van der Waals surface area (Å²) in [5.41, 5.74) is 0.833. The Hall–Kier alpha value is -1.88. The number of carbonyl (C=O) groups is 2. The normalized spacial score (nSPS) is 31.2. The first kappa shape index (κ1) is 20.4. The molecule has 6 unspecified atom stereocenters. The Morgan fingerprint density at radius 2 is 1.86 bits per heavy atom. The highest BCUT2D eigenvalue weighted by Crippen LogP contribution is 2.49. The van der Waals surface area contributed by atoms with Gasteiger partial charge in [-0.2, -0.15) is 0 Å². The van der Waals surface area contributed by atoms with Gasteiger partial charge in [-0.25, -0.2) is 0 Å². The SMILES string of the molecule is CC(NC(=O)C(C)N1CCCC(C(=O)Nc2ccccc2)C1)C1CC2CCC1C2. The Kier molecular flexibility index (Phi) is 6.23. The zero-order valence-corrected chi connectivity index (χ0v) is 17.8. The average molecular weight is 398 g/mol. The van der Waals surface area contributed by atoms with E-state index in [-0.39, 0.29) is 29.8 Å². The van der Waals surface area contributed by atoms with Crippen molar-refractivity contribution in [1.29, 1.82) is 0 Å². The first-order chi connectivity index (χ1) is 14.0. The second-order valence-corrected chi connectivity index (χ2v) is 9.50. The Labute approximate surface area is 174 Å². The smallest absolute Gasteiger partial charge is 0.237 e. The molecule has 2 saturated carbocycles. The maximum absolute atomic E-state index is 12.9. The van der Waals surface area contributed by atoms with Crippen LogP contribution in [-0.4, -0.2) is 41.9 Å². The highest BCUT2D eigenvalue weighted by molar-refractivity contribution is 5.92. The standard InChI is InChI=1S/C24H35N3O2/c1-16(22-14-18-10-11-19(22)13-18)25-23(28)17(2)27-12-6-7-20(15-27)24(29)26-21-8-4-3-5-9-21/h3-5,8-9,16-20,22H,6-7,10-15H2,1-2H3,(H,25,28)(H,26,29). The molecule has 0 aromatic heterocycles. The lowest BCUT2D eigenvalue weighted by molar-refractivity contribution is -0.130. The summed E-state index contributed by atoms with van der Waals surface area (Å²) in [5, 5.41) is 6.33. The van der Waals surface area contributed by atoms with Crippen LogP contribution in [0.2, 0.25) is 0 Å². The predicted molar refractivity (Wildman–Crippen MR) is 115 cm³/mol. The van der Waals surface area contributed by atoms with Crippen LogP contribution in [-0.2, 0) is 9.59 Å². The maximum atomic E-state index is 12.9. The van der Waals surface area contributed by atoms with E-state index in [1.165, 1.54) is 25.7 Å². The third-order valence-electron chi connectivity index (χ3n) is 7.60. The Morgan fingerprint density at radius 3 is 2.55 bits per heavy atom. The lowest BCUT2D eigenvalue weighted by Crippen LogP contribution is -2.53. The van der Waals surface area contributed by atoms with E-state index in [1.54, 1.807) is 0 Å². The molecule has 1 saturated heterocycles. The van der Waals surface area contributed by atoms with Gasteiger partial charge < -0.3 is 10.6 Å². The fraction of sp³-hybridized carbons (Fsp3) is 0.667. The van der Waals surface area contributed by atoms with Crippen molar-refractivity contribution < 1.29 is 9.59 Å². The number of anilines is 1. The quantitative estimate of drug-likeness (QED) is 0.770. The van der Waals surface area contributed by atoms with E-state index in [0.29, 0.717) is 12.5 Å². The summed E-state index contributed by atoms with van der Waals surface area (Å²) in [6, 6.07) is 9.66. The Morgan fingerprint density at radius 1 is 1.07 bits per heavy atom. The van der Waals surface area contributed by atoms with Crippen LogP contribution in [0.1, 0.15) is 52.4 Å². The van der Waals surface area contributed by atoms with Gasteiger partial charge in [0.25, 0.3) is 0 Å². The molecule has 0 spiro atoms. The van der Waals surface area contributed by atoms with Crippen LogP contribution in [0.25, 0.3) is 0 Å². The molecule has 158 valence electrons. The zero-order chi connectivity index (χ0) is 20.4. The van der Waals surface area contributed by atoms with Crippen molar-refractivity contribution in [3.05, 3.63) is 30.3 Å². The zero-order valence-electron chi connectivity index (χ0n) is 17.8. The minimum atomic E-state index is -0.191. The molecule has 6 atom stereocenters. The summed E-state index contributed by atoms with van der Waals surface area (Å²) >= 11 is 0. The highest BCUT2D eigenvalue weighted by atomic mass is 16.2. The van der Waals surface area contributed by atoms with E-state index in [1.807, 2.05) is 37.3 Å². The lowest BCUT2D eigenvalue weighted by atomic mass is 9.84. The first-order valence-corrected chi connectivity index (χ1v) is 11.4. The van der Waals surface area contributed by atoms with Gasteiger partial charge >= 0.3 is 0 Å². The van der Waals surface area contributed by atoms with Crippen LogP contribution in [0.5, 0.6) is 0 Å². The lowest BCUT2D eigenvalue weighted by Gasteiger charge is -2.36. The monoisotopic (exact) mass is 397 g/mol. The summed E-state index contributed by atoms with van der Waals surface area (Å²) in [7, 11) is 0. The van der Waals surface area contributed by atoms with Gasteiger partial charge in [-0.15, -0.1) is 0 Å². The van der Waals surface area contributed by atoms with Crippen molar-refractivity contribution in [2.24, 2.45) is 23.7 Å². The molecule has 1 aromatic carbocycles. The van der Waals surface area contributed by atoms with E-state index in [4.69, 9.17) is 0 Å². The summed E-state index contributed by atoms with van der Waals surface area (Å²) in [4.78, 5) is 27.8. The fourth-order valence-corrected chi connectivity index (χ4v) is 5.86. The number of rotatable bonds is 6. The summed E-state index contributed by atoms with van der Waals surface area (Å²) in [6.07, 6.45) is 7.21. The highest BCUT2D eigenvalue weighted by Gasteiger charge is 2.42. The van der Waals surface area contributed by atoms with Gasteiger partial charge in [0.05, 0.1) is 12.0 Å². The van der Waals surface area contributed by atoms with Gasteiger partial charge in [0.15, 0.2) is 0 Å². The molecule has 1 aliphatic heterocycles. The van der Waals surface area contributed by atoms with Crippen LogP contribution in [0.3, 0.4) is 0 Å². The number of amides is 2. The van der Waals surface area contributed by atoms with E-state index in [0.717, 1.165) is 36.9 Å². The number of likely N-dealkylation sites (tertiary alicyclic amines) is 1. The van der Waals surface area contributed by atoms with E-state index >= 15 is 0 Å². The molecular weight excluding hydrogens is 362 g/mol. The molecule has 2 N–H and O–H groups in total. The number of hydrogen-bond acceptors (Lipinski definition) is 3.